The Morgan fingerprint density at radius 1 is 1.36 bits per heavy atom. The van der Waals surface area contributed by atoms with Gasteiger partial charge in [0.15, 0.2) is 0 Å². The van der Waals surface area contributed by atoms with Crippen molar-refractivity contribution in [2.75, 3.05) is 32.8 Å². The second kappa shape index (κ2) is 9.14. The molecule has 1 fully saturated rings. The van der Waals surface area contributed by atoms with Gasteiger partial charge in [0.2, 0.25) is 5.91 Å². The Kier molecular flexibility index (Phi) is 6.91. The quantitative estimate of drug-likeness (QED) is 0.336. The summed E-state index contributed by atoms with van der Waals surface area (Å²) in [7, 11) is 0. The molecule has 0 bridgehead atoms. The van der Waals surface area contributed by atoms with Gasteiger partial charge in [0.1, 0.15) is 17.9 Å². The molecule has 1 aromatic carbocycles. The van der Waals surface area contributed by atoms with Crippen molar-refractivity contribution in [3.05, 3.63) is 29.3 Å². The number of hydrogen-bond donors (Lipinski definition) is 5. The van der Waals surface area contributed by atoms with Crippen LogP contribution in [0, 0.1) is 11.3 Å². The molecule has 0 atom stereocenters. The van der Waals surface area contributed by atoms with Crippen LogP contribution in [0.5, 0.6) is 5.75 Å². The number of carboxylic acids is 1. The minimum atomic E-state index is -1.11. The Labute approximate surface area is 146 Å². The van der Waals surface area contributed by atoms with Crippen LogP contribution < -0.4 is 21.1 Å². The van der Waals surface area contributed by atoms with Gasteiger partial charge in [-0.3, -0.25) is 4.79 Å². The number of carbonyl (C=O) groups excluding carboxylic acids is 1. The van der Waals surface area contributed by atoms with Gasteiger partial charge in [0.05, 0.1) is 12.3 Å². The lowest BCUT2D eigenvalue weighted by atomic mass is 9.97. The molecule has 1 aromatic rings. The number of hydrogen-bond acceptors (Lipinski definition) is 6. The van der Waals surface area contributed by atoms with Crippen LogP contribution in [0.4, 0.5) is 0 Å². The lowest BCUT2D eigenvalue weighted by molar-refractivity contribution is -0.125. The van der Waals surface area contributed by atoms with Crippen molar-refractivity contribution in [1.29, 1.82) is 5.41 Å². The number of ether oxygens (including phenoxy) is 1. The smallest absolute Gasteiger partial charge is 0.339 e. The van der Waals surface area contributed by atoms with E-state index in [4.69, 9.17) is 15.9 Å². The van der Waals surface area contributed by atoms with Crippen LogP contribution in [-0.4, -0.2) is 55.5 Å². The summed E-state index contributed by atoms with van der Waals surface area (Å²) in [5.74, 6) is -0.926. The number of nitrogens with one attached hydrogen (secondary N) is 3. The highest BCUT2D eigenvalue weighted by atomic mass is 16.5. The third-order valence-corrected chi connectivity index (χ3v) is 4.13. The van der Waals surface area contributed by atoms with Crippen LogP contribution >= 0.6 is 0 Å². The van der Waals surface area contributed by atoms with Crippen LogP contribution in [0.3, 0.4) is 0 Å². The van der Waals surface area contributed by atoms with Gasteiger partial charge in [-0.1, -0.05) is 6.07 Å². The first-order valence-corrected chi connectivity index (χ1v) is 8.29. The molecule has 0 saturated carbocycles. The van der Waals surface area contributed by atoms with E-state index < -0.39 is 5.97 Å². The Balaban J connectivity index is 1.91. The van der Waals surface area contributed by atoms with Gasteiger partial charge in [-0.2, -0.15) is 0 Å². The molecule has 8 heteroatoms. The zero-order chi connectivity index (χ0) is 18.2. The second-order valence-corrected chi connectivity index (χ2v) is 5.86. The molecule has 0 unspecified atom stereocenters. The molecular formula is C17H24N4O4. The number of carboxylic acid groups (broad SMARTS) is 1. The highest BCUT2D eigenvalue weighted by molar-refractivity contribution is 6.01. The fourth-order valence-electron chi connectivity index (χ4n) is 2.69. The van der Waals surface area contributed by atoms with Gasteiger partial charge >= 0.3 is 5.97 Å². The fraction of sp³-hybridized carbons (Fsp3) is 0.471. The molecule has 1 saturated heterocycles. The van der Waals surface area contributed by atoms with Crippen molar-refractivity contribution < 1.29 is 19.4 Å². The summed E-state index contributed by atoms with van der Waals surface area (Å²) < 4.78 is 5.53. The van der Waals surface area contributed by atoms with Crippen LogP contribution in [0.15, 0.2) is 18.2 Å². The van der Waals surface area contributed by atoms with E-state index in [1.54, 1.807) is 0 Å². The Hall–Kier alpha value is -2.45. The van der Waals surface area contributed by atoms with Crippen LogP contribution in [0.2, 0.25) is 0 Å². The summed E-state index contributed by atoms with van der Waals surface area (Å²) in [4.78, 5) is 23.3. The maximum Gasteiger partial charge on any atom is 0.339 e. The third kappa shape index (κ3) is 5.27. The van der Waals surface area contributed by atoms with E-state index >= 15 is 0 Å². The number of aromatic carboxylic acids is 1. The molecule has 0 spiro atoms. The van der Waals surface area contributed by atoms with Crippen LogP contribution in [0.25, 0.3) is 0 Å². The minimum absolute atomic E-state index is 0.00205. The predicted octanol–water partition coefficient (Wildman–Crippen LogP) is 0.206. The van der Waals surface area contributed by atoms with Crippen molar-refractivity contribution in [2.24, 2.45) is 11.7 Å². The summed E-state index contributed by atoms with van der Waals surface area (Å²) >= 11 is 0. The normalized spacial score (nSPS) is 14.8. The number of amides is 1. The average Bonchev–Trinajstić information content (AvgIpc) is 2.64. The molecule has 0 aromatic heterocycles. The summed E-state index contributed by atoms with van der Waals surface area (Å²) in [5, 5.41) is 23.0. The standard InChI is InChI=1S/C17H24N4O4/c18-10-14(19)12-1-2-13(17(23)24)15(9-12)25-8-7-21-16(22)11-3-5-20-6-4-11/h1-2,9,11,19-20H,3-8,10,18H2,(H,21,22)(H,23,24). The van der Waals surface area contributed by atoms with Gasteiger partial charge in [-0.15, -0.1) is 0 Å². The monoisotopic (exact) mass is 348 g/mol. The van der Waals surface area contributed by atoms with Gasteiger partial charge in [-0.05, 0) is 38.1 Å². The lowest BCUT2D eigenvalue weighted by Gasteiger charge is -2.21. The molecule has 1 heterocycles. The van der Waals surface area contributed by atoms with Crippen LogP contribution in [0.1, 0.15) is 28.8 Å². The van der Waals surface area contributed by atoms with E-state index in [2.05, 4.69) is 10.6 Å². The molecule has 1 aliphatic rings. The van der Waals surface area contributed by atoms with E-state index in [-0.39, 0.29) is 42.0 Å². The molecule has 136 valence electrons. The predicted molar refractivity (Wildman–Crippen MR) is 93.4 cm³/mol. The second-order valence-electron chi connectivity index (χ2n) is 5.86. The Bertz CT molecular complexity index is 642. The van der Waals surface area contributed by atoms with E-state index in [1.807, 2.05) is 0 Å². The largest absolute Gasteiger partial charge is 0.491 e. The summed E-state index contributed by atoms with van der Waals surface area (Å²) in [6.07, 6.45) is 1.64. The zero-order valence-electron chi connectivity index (χ0n) is 14.0. The van der Waals surface area contributed by atoms with Crippen molar-refractivity contribution in [3.63, 3.8) is 0 Å². The third-order valence-electron chi connectivity index (χ3n) is 4.13. The molecular weight excluding hydrogens is 324 g/mol. The van der Waals surface area contributed by atoms with Gasteiger partial charge in [0.25, 0.3) is 0 Å². The molecule has 2 rings (SSSR count). The summed E-state index contributed by atoms with van der Waals surface area (Å²) in [6, 6.07) is 4.42. The minimum Gasteiger partial charge on any atom is -0.491 e. The van der Waals surface area contributed by atoms with E-state index in [9.17, 15) is 14.7 Å². The topological polar surface area (TPSA) is 138 Å². The van der Waals surface area contributed by atoms with Crippen LogP contribution in [-0.2, 0) is 4.79 Å². The molecule has 1 amide bonds. The highest BCUT2D eigenvalue weighted by Crippen LogP contribution is 2.21. The SMILES string of the molecule is N=C(CN)c1ccc(C(=O)O)c(OCCNC(=O)C2CCNCC2)c1. The van der Waals surface area contributed by atoms with Crippen molar-refractivity contribution >= 4 is 17.6 Å². The molecule has 8 nitrogen and oxygen atoms in total. The Morgan fingerprint density at radius 2 is 2.08 bits per heavy atom. The maximum atomic E-state index is 12.0. The molecule has 0 aliphatic carbocycles. The first kappa shape index (κ1) is 18.9. The highest BCUT2D eigenvalue weighted by Gasteiger charge is 2.20. The summed E-state index contributed by atoms with van der Waals surface area (Å²) in [5.41, 5.74) is 6.17. The van der Waals surface area contributed by atoms with Crippen molar-refractivity contribution in [3.8, 4) is 5.75 Å². The number of piperidine rings is 1. The van der Waals surface area contributed by atoms with Gasteiger partial charge < -0.3 is 31.6 Å². The number of rotatable bonds is 8. The average molecular weight is 348 g/mol. The number of carbonyl (C=O) groups is 2. The van der Waals surface area contributed by atoms with Crippen molar-refractivity contribution in [2.45, 2.75) is 12.8 Å². The molecule has 1 aliphatic heterocycles. The first-order chi connectivity index (χ1) is 12.0. The van der Waals surface area contributed by atoms with E-state index in [1.165, 1.54) is 18.2 Å². The van der Waals surface area contributed by atoms with Gasteiger partial charge in [0, 0.05) is 18.0 Å². The first-order valence-electron chi connectivity index (χ1n) is 8.29. The zero-order valence-corrected chi connectivity index (χ0v) is 14.0. The van der Waals surface area contributed by atoms with E-state index in [0.29, 0.717) is 12.1 Å². The lowest BCUT2D eigenvalue weighted by Crippen LogP contribution is -2.39. The summed E-state index contributed by atoms with van der Waals surface area (Å²) in [6.45, 7) is 2.18. The maximum absolute atomic E-state index is 12.0. The molecule has 25 heavy (non-hydrogen) atoms. The Morgan fingerprint density at radius 3 is 2.72 bits per heavy atom. The molecule has 6 N–H and O–H groups in total. The number of nitrogens with two attached hydrogens (primary N) is 1. The number of benzene rings is 1. The fourth-order valence-corrected chi connectivity index (χ4v) is 2.69. The van der Waals surface area contributed by atoms with Gasteiger partial charge in [-0.25, -0.2) is 4.79 Å². The van der Waals surface area contributed by atoms with Crippen molar-refractivity contribution in [1.82, 2.24) is 10.6 Å². The molecule has 0 radical (unpaired) electrons. The van der Waals surface area contributed by atoms with E-state index in [0.717, 1.165) is 25.9 Å².